The summed E-state index contributed by atoms with van der Waals surface area (Å²) in [4.78, 5) is 0. The number of amidine groups is 1. The van der Waals surface area contributed by atoms with Gasteiger partial charge in [0.25, 0.3) is 0 Å². The zero-order chi connectivity index (χ0) is 12.0. The Morgan fingerprint density at radius 2 is 2.19 bits per heavy atom. The SMILES string of the molecule is COCCCOc1ccc(C(=N)N)cc1F. The number of benzene rings is 1. The molecule has 0 aliphatic rings. The van der Waals surface area contributed by atoms with Crippen LogP contribution in [0, 0.1) is 11.2 Å². The van der Waals surface area contributed by atoms with Crippen LogP contribution >= 0.6 is 0 Å². The number of halogens is 1. The summed E-state index contributed by atoms with van der Waals surface area (Å²) in [6, 6.07) is 4.21. The van der Waals surface area contributed by atoms with Gasteiger partial charge < -0.3 is 15.2 Å². The average molecular weight is 226 g/mol. The lowest BCUT2D eigenvalue weighted by molar-refractivity contribution is 0.170. The van der Waals surface area contributed by atoms with E-state index in [1.807, 2.05) is 0 Å². The first-order valence-corrected chi connectivity index (χ1v) is 4.91. The summed E-state index contributed by atoms with van der Waals surface area (Å²) < 4.78 is 23.5. The molecule has 0 aromatic heterocycles. The third kappa shape index (κ3) is 3.51. The van der Waals surface area contributed by atoms with Crippen molar-refractivity contribution in [1.29, 1.82) is 5.41 Å². The Balaban J connectivity index is 2.57. The molecule has 3 N–H and O–H groups in total. The molecule has 0 saturated heterocycles. The Morgan fingerprint density at radius 1 is 1.44 bits per heavy atom. The predicted octanol–water partition coefficient (Wildman–Crippen LogP) is 1.53. The fourth-order valence-electron chi connectivity index (χ4n) is 1.17. The number of methoxy groups -OCH3 is 1. The lowest BCUT2D eigenvalue weighted by atomic mass is 10.2. The lowest BCUT2D eigenvalue weighted by Crippen LogP contribution is -2.11. The molecule has 5 heteroatoms. The highest BCUT2D eigenvalue weighted by Gasteiger charge is 2.05. The fraction of sp³-hybridized carbons (Fsp3) is 0.364. The van der Waals surface area contributed by atoms with Crippen LogP contribution in [0.25, 0.3) is 0 Å². The van der Waals surface area contributed by atoms with E-state index >= 15 is 0 Å². The largest absolute Gasteiger partial charge is 0.490 e. The number of rotatable bonds is 6. The number of ether oxygens (including phenoxy) is 2. The maximum absolute atomic E-state index is 13.4. The van der Waals surface area contributed by atoms with Crippen molar-refractivity contribution in [2.45, 2.75) is 6.42 Å². The summed E-state index contributed by atoms with van der Waals surface area (Å²) in [6.07, 6.45) is 0.699. The highest BCUT2D eigenvalue weighted by atomic mass is 19.1. The molecule has 0 heterocycles. The Hall–Kier alpha value is -1.62. The molecular formula is C11H15FN2O2. The zero-order valence-corrected chi connectivity index (χ0v) is 9.13. The molecule has 0 aliphatic heterocycles. The van der Waals surface area contributed by atoms with Crippen LogP contribution < -0.4 is 10.5 Å². The highest BCUT2D eigenvalue weighted by molar-refractivity contribution is 5.95. The molecule has 0 unspecified atom stereocenters. The molecule has 0 atom stereocenters. The Labute approximate surface area is 93.7 Å². The number of hydrogen-bond acceptors (Lipinski definition) is 3. The summed E-state index contributed by atoms with van der Waals surface area (Å²) >= 11 is 0. The van der Waals surface area contributed by atoms with Crippen LogP contribution in [-0.4, -0.2) is 26.2 Å². The van der Waals surface area contributed by atoms with Gasteiger partial charge in [-0.2, -0.15) is 0 Å². The molecular weight excluding hydrogens is 211 g/mol. The molecule has 0 fully saturated rings. The van der Waals surface area contributed by atoms with E-state index in [9.17, 15) is 4.39 Å². The summed E-state index contributed by atoms with van der Waals surface area (Å²) in [5.41, 5.74) is 5.58. The van der Waals surface area contributed by atoms with E-state index in [2.05, 4.69) is 0 Å². The van der Waals surface area contributed by atoms with E-state index in [1.54, 1.807) is 13.2 Å². The minimum absolute atomic E-state index is 0.162. The van der Waals surface area contributed by atoms with Gasteiger partial charge in [0.2, 0.25) is 0 Å². The first-order valence-electron chi connectivity index (χ1n) is 4.91. The van der Waals surface area contributed by atoms with Crippen LogP contribution in [0.3, 0.4) is 0 Å². The van der Waals surface area contributed by atoms with Gasteiger partial charge in [-0.25, -0.2) is 4.39 Å². The van der Waals surface area contributed by atoms with Crippen molar-refractivity contribution < 1.29 is 13.9 Å². The monoisotopic (exact) mass is 226 g/mol. The van der Waals surface area contributed by atoms with Crippen LogP contribution in [-0.2, 0) is 4.74 Å². The Kier molecular flexibility index (Phi) is 4.72. The van der Waals surface area contributed by atoms with E-state index in [0.29, 0.717) is 25.2 Å². The van der Waals surface area contributed by atoms with Crippen molar-refractivity contribution in [2.75, 3.05) is 20.3 Å². The van der Waals surface area contributed by atoms with Gasteiger partial charge in [0.1, 0.15) is 5.84 Å². The number of nitrogens with one attached hydrogen (secondary N) is 1. The third-order valence-corrected chi connectivity index (χ3v) is 1.99. The van der Waals surface area contributed by atoms with E-state index < -0.39 is 5.82 Å². The summed E-state index contributed by atoms with van der Waals surface area (Å²) in [5, 5.41) is 7.15. The van der Waals surface area contributed by atoms with Crippen LogP contribution in [0.2, 0.25) is 0 Å². The normalized spacial score (nSPS) is 10.1. The van der Waals surface area contributed by atoms with Crippen molar-refractivity contribution in [1.82, 2.24) is 0 Å². The van der Waals surface area contributed by atoms with Crippen molar-refractivity contribution in [2.24, 2.45) is 5.73 Å². The van der Waals surface area contributed by atoms with Gasteiger partial charge in [0, 0.05) is 25.7 Å². The Bertz CT molecular complexity index is 369. The van der Waals surface area contributed by atoms with Crippen LogP contribution in [0.1, 0.15) is 12.0 Å². The van der Waals surface area contributed by atoms with Gasteiger partial charge in [-0.05, 0) is 18.2 Å². The van der Waals surface area contributed by atoms with Gasteiger partial charge in [-0.3, -0.25) is 5.41 Å². The first kappa shape index (κ1) is 12.4. The quantitative estimate of drug-likeness (QED) is 0.439. The number of nitrogens with two attached hydrogens (primary N) is 1. The average Bonchev–Trinajstić information content (AvgIpc) is 2.26. The van der Waals surface area contributed by atoms with Crippen molar-refractivity contribution in [3.63, 3.8) is 0 Å². The second kappa shape index (κ2) is 6.07. The lowest BCUT2D eigenvalue weighted by Gasteiger charge is -2.07. The smallest absolute Gasteiger partial charge is 0.165 e. The van der Waals surface area contributed by atoms with Gasteiger partial charge in [0.15, 0.2) is 11.6 Å². The standard InChI is InChI=1S/C11H15FN2O2/c1-15-5-2-6-16-10-4-3-8(11(13)14)7-9(10)12/h3-4,7H,2,5-6H2,1H3,(H3,13,14). The predicted molar refractivity (Wildman–Crippen MR) is 59.4 cm³/mol. The first-order chi connectivity index (χ1) is 7.65. The Morgan fingerprint density at radius 3 is 2.75 bits per heavy atom. The summed E-state index contributed by atoms with van der Waals surface area (Å²) in [5.74, 6) is -0.504. The van der Waals surface area contributed by atoms with Crippen molar-refractivity contribution in [3.8, 4) is 5.75 Å². The molecule has 0 radical (unpaired) electrons. The van der Waals surface area contributed by atoms with E-state index in [1.165, 1.54) is 12.1 Å². The highest BCUT2D eigenvalue weighted by Crippen LogP contribution is 2.18. The van der Waals surface area contributed by atoms with E-state index in [-0.39, 0.29) is 11.6 Å². The minimum atomic E-state index is -0.509. The number of hydrogen-bond donors (Lipinski definition) is 2. The van der Waals surface area contributed by atoms with Gasteiger partial charge in [-0.1, -0.05) is 0 Å². The second-order valence-corrected chi connectivity index (χ2v) is 3.25. The number of nitrogen functional groups attached to an aromatic ring is 1. The summed E-state index contributed by atoms with van der Waals surface area (Å²) in [7, 11) is 1.60. The topological polar surface area (TPSA) is 68.3 Å². The molecule has 1 aromatic carbocycles. The molecule has 16 heavy (non-hydrogen) atoms. The molecule has 0 saturated carbocycles. The third-order valence-electron chi connectivity index (χ3n) is 1.99. The molecule has 88 valence electrons. The molecule has 0 bridgehead atoms. The fourth-order valence-corrected chi connectivity index (χ4v) is 1.17. The van der Waals surface area contributed by atoms with Gasteiger partial charge >= 0.3 is 0 Å². The molecule has 1 aromatic rings. The molecule has 0 spiro atoms. The molecule has 0 aliphatic carbocycles. The van der Waals surface area contributed by atoms with E-state index in [4.69, 9.17) is 20.6 Å². The summed E-state index contributed by atoms with van der Waals surface area (Å²) in [6.45, 7) is 0.970. The van der Waals surface area contributed by atoms with Gasteiger partial charge in [-0.15, -0.1) is 0 Å². The molecule has 1 rings (SSSR count). The minimum Gasteiger partial charge on any atom is -0.490 e. The van der Waals surface area contributed by atoms with Crippen molar-refractivity contribution >= 4 is 5.84 Å². The maximum Gasteiger partial charge on any atom is 0.165 e. The van der Waals surface area contributed by atoms with Gasteiger partial charge in [0.05, 0.1) is 6.61 Å². The van der Waals surface area contributed by atoms with Crippen molar-refractivity contribution in [3.05, 3.63) is 29.6 Å². The molecule has 4 nitrogen and oxygen atoms in total. The van der Waals surface area contributed by atoms with Crippen LogP contribution in [0.4, 0.5) is 4.39 Å². The van der Waals surface area contributed by atoms with Crippen LogP contribution in [0.5, 0.6) is 5.75 Å². The molecule has 0 amide bonds. The maximum atomic E-state index is 13.4. The van der Waals surface area contributed by atoms with Crippen LogP contribution in [0.15, 0.2) is 18.2 Å². The second-order valence-electron chi connectivity index (χ2n) is 3.25. The van der Waals surface area contributed by atoms with E-state index in [0.717, 1.165) is 0 Å². The zero-order valence-electron chi connectivity index (χ0n) is 9.13.